The Morgan fingerprint density at radius 1 is 0.638 bits per heavy atom. The standard InChI is InChI=1S/C23H30N2O2.C16H16O3.C10H12O2/c1-4-23(24(2)3,18-19-8-6-5-7-9-19)22(26)20-10-12-21(13-11-20)25-14-16-27-17-15-25;1-18-16(19-2,14-11-7-4-8-12-14)15(17)13-9-5-3-6-10-13;1-10(2,12)9(11)8-6-4-3-5-7-8/h5-13H,4,14-18H2,1-3H3;3-12H,1-2H3;3-7,12H,1-2H3. The number of anilines is 1. The lowest BCUT2D eigenvalue weighted by Crippen LogP contribution is -2.52. The molecule has 306 valence electrons. The maximum absolute atomic E-state index is 13.6. The van der Waals surface area contributed by atoms with Crippen molar-refractivity contribution >= 4 is 23.0 Å². The molecule has 0 aliphatic carbocycles. The Hall–Kier alpha value is -5.29. The first-order chi connectivity index (χ1) is 27.8. The van der Waals surface area contributed by atoms with E-state index in [1.165, 1.54) is 33.6 Å². The van der Waals surface area contributed by atoms with Gasteiger partial charge in [-0.15, -0.1) is 0 Å². The number of hydrogen-bond acceptors (Lipinski definition) is 9. The highest BCUT2D eigenvalue weighted by Gasteiger charge is 2.42. The summed E-state index contributed by atoms with van der Waals surface area (Å²) in [6, 6.07) is 45.3. The molecule has 1 aliphatic heterocycles. The number of ketones is 3. The third kappa shape index (κ3) is 11.4. The molecule has 1 N–H and O–H groups in total. The molecule has 9 nitrogen and oxygen atoms in total. The van der Waals surface area contributed by atoms with E-state index in [9.17, 15) is 19.5 Å². The third-order valence-corrected chi connectivity index (χ3v) is 10.4. The van der Waals surface area contributed by atoms with Gasteiger partial charge in [0.1, 0.15) is 5.60 Å². The SMILES string of the molecule is CC(C)(O)C(=O)c1ccccc1.CCC(Cc1ccccc1)(C(=O)c1ccc(N2CCOCC2)cc1)N(C)C.COC(OC)(C(=O)c1ccccc1)c1ccccc1. The van der Waals surface area contributed by atoms with E-state index in [1.54, 1.807) is 36.4 Å². The summed E-state index contributed by atoms with van der Waals surface area (Å²) in [4.78, 5) is 42.0. The van der Waals surface area contributed by atoms with E-state index in [0.717, 1.165) is 44.0 Å². The second-order valence-electron chi connectivity index (χ2n) is 14.8. The van der Waals surface area contributed by atoms with Crippen molar-refractivity contribution in [2.24, 2.45) is 0 Å². The molecule has 1 saturated heterocycles. The van der Waals surface area contributed by atoms with E-state index < -0.39 is 16.9 Å². The van der Waals surface area contributed by atoms with E-state index in [4.69, 9.17) is 14.2 Å². The maximum Gasteiger partial charge on any atom is 0.260 e. The second kappa shape index (κ2) is 21.5. The molecule has 6 rings (SSSR count). The Labute approximate surface area is 344 Å². The highest BCUT2D eigenvalue weighted by atomic mass is 16.7. The number of likely N-dealkylation sites (N-methyl/N-ethyl adjacent to an activating group) is 1. The largest absolute Gasteiger partial charge is 0.382 e. The van der Waals surface area contributed by atoms with Crippen molar-refractivity contribution < 1.29 is 33.7 Å². The predicted molar refractivity (Wildman–Crippen MR) is 231 cm³/mol. The number of hydrogen-bond donors (Lipinski definition) is 1. The fraction of sp³-hybridized carbons (Fsp3) is 0.327. The first-order valence-corrected chi connectivity index (χ1v) is 19.6. The molecule has 0 spiro atoms. The number of benzene rings is 5. The quantitative estimate of drug-likeness (QED) is 0.0879. The minimum absolute atomic E-state index is 0.187. The van der Waals surface area contributed by atoms with E-state index in [1.807, 2.05) is 99.0 Å². The van der Waals surface area contributed by atoms with Crippen molar-refractivity contribution in [1.82, 2.24) is 4.90 Å². The van der Waals surface area contributed by atoms with Gasteiger partial charge in [0.05, 0.1) is 18.8 Å². The van der Waals surface area contributed by atoms with Crippen molar-refractivity contribution in [2.75, 3.05) is 59.5 Å². The lowest BCUT2D eigenvalue weighted by Gasteiger charge is -2.38. The van der Waals surface area contributed by atoms with Crippen LogP contribution in [0.5, 0.6) is 0 Å². The number of carbonyl (C=O) groups excluding carboxylic acids is 3. The van der Waals surface area contributed by atoms with Crippen molar-refractivity contribution in [3.63, 3.8) is 0 Å². The first kappa shape index (κ1) is 45.4. The minimum atomic E-state index is -1.40. The van der Waals surface area contributed by atoms with Crippen LogP contribution in [-0.2, 0) is 26.4 Å². The molecule has 0 bridgehead atoms. The van der Waals surface area contributed by atoms with Crippen LogP contribution in [0.15, 0.2) is 146 Å². The highest BCUT2D eigenvalue weighted by molar-refractivity contribution is 6.04. The number of methoxy groups -OCH3 is 2. The number of aliphatic hydroxyl groups is 1. The van der Waals surface area contributed by atoms with Crippen LogP contribution in [0.4, 0.5) is 5.69 Å². The average molecular weight is 787 g/mol. The van der Waals surface area contributed by atoms with Gasteiger partial charge in [-0.05, 0) is 70.6 Å². The number of morpholine rings is 1. The molecule has 0 aromatic heterocycles. The topological polar surface area (TPSA) is 106 Å². The summed E-state index contributed by atoms with van der Waals surface area (Å²) in [7, 11) is 6.95. The first-order valence-electron chi connectivity index (χ1n) is 19.6. The summed E-state index contributed by atoms with van der Waals surface area (Å²) in [5.41, 5.74) is 3.08. The number of ether oxygens (including phenoxy) is 3. The minimum Gasteiger partial charge on any atom is -0.382 e. The summed E-state index contributed by atoms with van der Waals surface area (Å²) < 4.78 is 16.3. The molecule has 5 aromatic rings. The molecule has 5 aromatic carbocycles. The van der Waals surface area contributed by atoms with Crippen LogP contribution >= 0.6 is 0 Å². The fourth-order valence-electron chi connectivity index (χ4n) is 6.91. The highest BCUT2D eigenvalue weighted by Crippen LogP contribution is 2.31. The summed E-state index contributed by atoms with van der Waals surface area (Å²) in [6.45, 7) is 8.40. The molecule has 0 saturated carbocycles. The zero-order valence-corrected chi connectivity index (χ0v) is 34.9. The van der Waals surface area contributed by atoms with Crippen molar-refractivity contribution in [1.29, 1.82) is 0 Å². The lowest BCUT2D eigenvalue weighted by molar-refractivity contribution is -0.176. The Kier molecular flexibility index (Phi) is 16.8. The van der Waals surface area contributed by atoms with Crippen LogP contribution < -0.4 is 4.90 Å². The molecule has 1 atom stereocenters. The summed E-state index contributed by atoms with van der Waals surface area (Å²) in [5.74, 6) is -1.68. The van der Waals surface area contributed by atoms with Gasteiger partial charge in [-0.3, -0.25) is 19.3 Å². The van der Waals surface area contributed by atoms with Crippen LogP contribution in [0.25, 0.3) is 0 Å². The Balaban J connectivity index is 0.000000209. The molecular formula is C49H58N2O7. The number of carbonyl (C=O) groups is 3. The van der Waals surface area contributed by atoms with Gasteiger partial charge < -0.3 is 24.2 Å². The van der Waals surface area contributed by atoms with Gasteiger partial charge in [0.15, 0.2) is 11.6 Å². The lowest BCUT2D eigenvalue weighted by atomic mass is 9.80. The van der Waals surface area contributed by atoms with Crippen molar-refractivity contribution in [3.8, 4) is 0 Å². The van der Waals surface area contributed by atoms with Gasteiger partial charge in [-0.1, -0.05) is 128 Å². The van der Waals surface area contributed by atoms with E-state index in [-0.39, 0.29) is 17.3 Å². The number of rotatable bonds is 14. The Morgan fingerprint density at radius 3 is 1.50 bits per heavy atom. The van der Waals surface area contributed by atoms with Gasteiger partial charge in [-0.2, -0.15) is 0 Å². The summed E-state index contributed by atoms with van der Waals surface area (Å²) in [6.07, 6.45) is 1.47. The smallest absolute Gasteiger partial charge is 0.260 e. The molecule has 0 amide bonds. The maximum atomic E-state index is 13.6. The normalized spacial score (nSPS) is 13.9. The molecule has 9 heteroatoms. The van der Waals surface area contributed by atoms with Crippen molar-refractivity contribution in [3.05, 3.63) is 173 Å². The van der Waals surface area contributed by atoms with E-state index >= 15 is 0 Å². The average Bonchev–Trinajstić information content (AvgIpc) is 3.27. The zero-order chi connectivity index (χ0) is 42.2. The molecule has 1 heterocycles. The van der Waals surface area contributed by atoms with Gasteiger partial charge in [0.2, 0.25) is 5.78 Å². The molecule has 0 radical (unpaired) electrons. The van der Waals surface area contributed by atoms with Gasteiger partial charge in [0.25, 0.3) is 5.79 Å². The molecule has 1 unspecified atom stereocenters. The van der Waals surface area contributed by atoms with Crippen LogP contribution in [-0.4, -0.2) is 93.1 Å². The van der Waals surface area contributed by atoms with Crippen molar-refractivity contribution in [2.45, 2.75) is 50.5 Å². The predicted octanol–water partition coefficient (Wildman–Crippen LogP) is 8.31. The molecule has 1 fully saturated rings. The van der Waals surface area contributed by atoms with E-state index in [2.05, 4.69) is 41.0 Å². The molecule has 58 heavy (non-hydrogen) atoms. The van der Waals surface area contributed by atoms with Gasteiger partial charge >= 0.3 is 0 Å². The number of Topliss-reactive ketones (excluding diaryl/α,β-unsaturated/α-hetero) is 3. The Bertz CT molecular complexity index is 1990. The Morgan fingerprint density at radius 2 is 1.07 bits per heavy atom. The summed E-state index contributed by atoms with van der Waals surface area (Å²) >= 11 is 0. The zero-order valence-electron chi connectivity index (χ0n) is 34.9. The third-order valence-electron chi connectivity index (χ3n) is 10.4. The van der Waals surface area contributed by atoms with Gasteiger partial charge in [-0.25, -0.2) is 0 Å². The fourth-order valence-corrected chi connectivity index (χ4v) is 6.91. The number of nitrogens with zero attached hydrogens (tertiary/aromatic N) is 2. The molecule has 1 aliphatic rings. The van der Waals surface area contributed by atoms with Gasteiger partial charge in [0, 0.05) is 55.3 Å². The van der Waals surface area contributed by atoms with Crippen LogP contribution in [0.3, 0.4) is 0 Å². The van der Waals surface area contributed by atoms with Crippen LogP contribution in [0.1, 0.15) is 69.4 Å². The van der Waals surface area contributed by atoms with Crippen LogP contribution in [0, 0.1) is 0 Å². The monoisotopic (exact) mass is 786 g/mol. The van der Waals surface area contributed by atoms with E-state index in [0.29, 0.717) is 23.1 Å². The molecular weight excluding hydrogens is 729 g/mol. The van der Waals surface area contributed by atoms with Crippen LogP contribution in [0.2, 0.25) is 0 Å². The summed E-state index contributed by atoms with van der Waals surface area (Å²) in [5, 5.41) is 9.39. The second-order valence-corrected chi connectivity index (χ2v) is 14.8.